The van der Waals surface area contributed by atoms with Crippen LogP contribution in [0.25, 0.3) is 6.08 Å². The summed E-state index contributed by atoms with van der Waals surface area (Å²) in [7, 11) is 1.58. The highest BCUT2D eigenvalue weighted by Crippen LogP contribution is 2.22. The van der Waals surface area contributed by atoms with Crippen molar-refractivity contribution in [3.05, 3.63) is 60.2 Å². The minimum absolute atomic E-state index is 0.154. The van der Waals surface area contributed by atoms with Crippen LogP contribution in [0.5, 0.6) is 5.75 Å². The second-order valence-corrected chi connectivity index (χ2v) is 6.18. The van der Waals surface area contributed by atoms with Crippen LogP contribution in [0, 0.1) is 0 Å². The van der Waals surface area contributed by atoms with Gasteiger partial charge in [-0.2, -0.15) is 0 Å². The lowest BCUT2D eigenvalue weighted by Gasteiger charge is -2.17. The molecule has 1 heterocycles. The Balaban J connectivity index is 1.52. The van der Waals surface area contributed by atoms with E-state index in [4.69, 9.17) is 9.47 Å². The average molecular weight is 352 g/mol. The predicted octanol–water partition coefficient (Wildman–Crippen LogP) is 3.92. The summed E-state index contributed by atoms with van der Waals surface area (Å²) >= 11 is 0. The highest BCUT2D eigenvalue weighted by Gasteiger charge is 2.11. The highest BCUT2D eigenvalue weighted by molar-refractivity contribution is 6.02. The minimum atomic E-state index is -0.154. The fourth-order valence-electron chi connectivity index (χ4n) is 2.89. The molecule has 1 saturated heterocycles. The van der Waals surface area contributed by atoms with E-state index in [9.17, 15) is 4.79 Å². The standard InChI is InChI=1S/C21H24N2O3/c1-25-16-26-20-11-4-17(5-12-20)6-13-21(24)22-18-7-9-19(10-8-18)23-14-2-3-15-23/h4-13H,2-3,14-16H2,1H3,(H,22,24)/b13-6+. The number of carbonyl (C=O) groups excluding carboxylic acids is 1. The molecule has 2 aromatic rings. The maximum absolute atomic E-state index is 12.1. The number of hydrogen-bond donors (Lipinski definition) is 1. The zero-order valence-corrected chi connectivity index (χ0v) is 15.0. The molecule has 0 aromatic heterocycles. The van der Waals surface area contributed by atoms with Gasteiger partial charge in [-0.25, -0.2) is 0 Å². The lowest BCUT2D eigenvalue weighted by molar-refractivity contribution is -0.111. The molecule has 5 nitrogen and oxygen atoms in total. The molecule has 0 atom stereocenters. The molecular formula is C21H24N2O3. The number of benzene rings is 2. The van der Waals surface area contributed by atoms with Crippen LogP contribution in [0.1, 0.15) is 18.4 Å². The van der Waals surface area contributed by atoms with Crippen LogP contribution in [0.3, 0.4) is 0 Å². The van der Waals surface area contributed by atoms with Gasteiger partial charge in [-0.1, -0.05) is 12.1 Å². The van der Waals surface area contributed by atoms with E-state index in [1.165, 1.54) is 24.6 Å². The molecule has 1 aliphatic heterocycles. The summed E-state index contributed by atoms with van der Waals surface area (Å²) in [6.45, 7) is 2.45. The van der Waals surface area contributed by atoms with Crippen molar-refractivity contribution in [1.82, 2.24) is 0 Å². The number of rotatable bonds is 7. The van der Waals surface area contributed by atoms with Gasteiger partial charge in [-0.3, -0.25) is 4.79 Å². The largest absolute Gasteiger partial charge is 0.468 e. The first-order valence-electron chi connectivity index (χ1n) is 8.80. The molecule has 1 amide bonds. The third kappa shape index (κ3) is 5.10. The molecule has 0 bridgehead atoms. The summed E-state index contributed by atoms with van der Waals surface area (Å²) in [5.41, 5.74) is 2.94. The molecule has 1 N–H and O–H groups in total. The first-order chi connectivity index (χ1) is 12.7. The van der Waals surface area contributed by atoms with Crippen molar-refractivity contribution >= 4 is 23.4 Å². The number of ether oxygens (including phenoxy) is 2. The molecule has 26 heavy (non-hydrogen) atoms. The lowest BCUT2D eigenvalue weighted by atomic mass is 10.2. The molecule has 0 unspecified atom stereocenters. The Bertz CT molecular complexity index is 733. The molecule has 1 fully saturated rings. The number of nitrogens with zero attached hydrogens (tertiary/aromatic N) is 1. The molecule has 5 heteroatoms. The predicted molar refractivity (Wildman–Crippen MR) is 104 cm³/mol. The molecule has 0 radical (unpaired) electrons. The van der Waals surface area contributed by atoms with Gasteiger partial charge in [-0.15, -0.1) is 0 Å². The van der Waals surface area contributed by atoms with Crippen molar-refractivity contribution < 1.29 is 14.3 Å². The maximum Gasteiger partial charge on any atom is 0.248 e. The Morgan fingerprint density at radius 2 is 1.77 bits per heavy atom. The second-order valence-electron chi connectivity index (χ2n) is 6.18. The molecule has 0 saturated carbocycles. The summed E-state index contributed by atoms with van der Waals surface area (Å²) in [6, 6.07) is 15.5. The third-order valence-corrected chi connectivity index (χ3v) is 4.26. The van der Waals surface area contributed by atoms with Gasteiger partial charge in [0.05, 0.1) is 0 Å². The van der Waals surface area contributed by atoms with E-state index in [1.807, 2.05) is 36.4 Å². The van der Waals surface area contributed by atoms with Gasteiger partial charge in [0.1, 0.15) is 5.75 Å². The van der Waals surface area contributed by atoms with Gasteiger partial charge in [0.2, 0.25) is 5.91 Å². The van der Waals surface area contributed by atoms with Crippen LogP contribution in [0.2, 0.25) is 0 Å². The summed E-state index contributed by atoms with van der Waals surface area (Å²) < 4.78 is 10.2. The monoisotopic (exact) mass is 352 g/mol. The second kappa shape index (κ2) is 9.06. The number of anilines is 2. The van der Waals surface area contributed by atoms with Gasteiger partial charge >= 0.3 is 0 Å². The van der Waals surface area contributed by atoms with E-state index in [0.29, 0.717) is 0 Å². The first-order valence-corrected chi connectivity index (χ1v) is 8.80. The van der Waals surface area contributed by atoms with Crippen molar-refractivity contribution in [1.29, 1.82) is 0 Å². The SMILES string of the molecule is COCOc1ccc(/C=C/C(=O)Nc2ccc(N3CCCC3)cc2)cc1. The molecular weight excluding hydrogens is 328 g/mol. The van der Waals surface area contributed by atoms with Gasteiger partial charge in [-0.05, 0) is 60.9 Å². The number of hydrogen-bond acceptors (Lipinski definition) is 4. The zero-order valence-electron chi connectivity index (χ0n) is 15.0. The lowest BCUT2D eigenvalue weighted by Crippen LogP contribution is -2.17. The zero-order chi connectivity index (χ0) is 18.2. The Labute approximate surface area is 154 Å². The molecule has 3 rings (SSSR count). The topological polar surface area (TPSA) is 50.8 Å². The van der Waals surface area contributed by atoms with E-state index < -0.39 is 0 Å². The summed E-state index contributed by atoms with van der Waals surface area (Å²) in [5.74, 6) is 0.574. The molecule has 0 spiro atoms. The number of methoxy groups -OCH3 is 1. The molecule has 136 valence electrons. The van der Waals surface area contributed by atoms with E-state index in [1.54, 1.807) is 13.2 Å². The van der Waals surface area contributed by atoms with E-state index in [2.05, 4.69) is 22.3 Å². The van der Waals surface area contributed by atoms with Gasteiger partial charge in [0.15, 0.2) is 6.79 Å². The Morgan fingerprint density at radius 1 is 1.08 bits per heavy atom. The first kappa shape index (κ1) is 18.0. The Kier molecular flexibility index (Phi) is 6.28. The molecule has 1 aliphatic rings. The van der Waals surface area contributed by atoms with Crippen LogP contribution in [0.4, 0.5) is 11.4 Å². The van der Waals surface area contributed by atoms with Crippen LogP contribution < -0.4 is 15.0 Å². The van der Waals surface area contributed by atoms with Gasteiger partial charge in [0, 0.05) is 37.7 Å². The minimum Gasteiger partial charge on any atom is -0.468 e. The van der Waals surface area contributed by atoms with Crippen molar-refractivity contribution in [3.8, 4) is 5.75 Å². The van der Waals surface area contributed by atoms with Crippen molar-refractivity contribution in [2.75, 3.05) is 37.2 Å². The Hall–Kier alpha value is -2.79. The number of carbonyl (C=O) groups is 1. The highest BCUT2D eigenvalue weighted by atomic mass is 16.7. The van der Waals surface area contributed by atoms with Crippen molar-refractivity contribution in [3.63, 3.8) is 0 Å². The quantitative estimate of drug-likeness (QED) is 0.606. The van der Waals surface area contributed by atoms with Gasteiger partial charge in [0.25, 0.3) is 0 Å². The number of nitrogens with one attached hydrogen (secondary N) is 1. The van der Waals surface area contributed by atoms with Crippen LogP contribution in [0.15, 0.2) is 54.6 Å². The fourth-order valence-corrected chi connectivity index (χ4v) is 2.89. The molecule has 0 aliphatic carbocycles. The number of amides is 1. The van der Waals surface area contributed by atoms with Gasteiger partial charge < -0.3 is 19.7 Å². The summed E-state index contributed by atoms with van der Waals surface area (Å²) in [4.78, 5) is 14.5. The smallest absolute Gasteiger partial charge is 0.248 e. The normalized spacial score (nSPS) is 14.0. The van der Waals surface area contributed by atoms with E-state index >= 15 is 0 Å². The van der Waals surface area contributed by atoms with Crippen LogP contribution in [-0.2, 0) is 9.53 Å². The average Bonchev–Trinajstić information content (AvgIpc) is 3.21. The van der Waals surface area contributed by atoms with Crippen LogP contribution >= 0.6 is 0 Å². The fraction of sp³-hybridized carbons (Fsp3) is 0.286. The summed E-state index contributed by atoms with van der Waals surface area (Å²) in [6.07, 6.45) is 5.80. The van der Waals surface area contributed by atoms with Crippen LogP contribution in [-0.4, -0.2) is 32.9 Å². The Morgan fingerprint density at radius 3 is 2.42 bits per heavy atom. The molecule has 2 aromatic carbocycles. The van der Waals surface area contributed by atoms with Crippen molar-refractivity contribution in [2.45, 2.75) is 12.8 Å². The third-order valence-electron chi connectivity index (χ3n) is 4.26. The summed E-state index contributed by atoms with van der Waals surface area (Å²) in [5, 5.41) is 2.88. The maximum atomic E-state index is 12.1. The van der Waals surface area contributed by atoms with E-state index in [-0.39, 0.29) is 12.7 Å². The van der Waals surface area contributed by atoms with E-state index in [0.717, 1.165) is 30.1 Å². The van der Waals surface area contributed by atoms with Crippen molar-refractivity contribution in [2.24, 2.45) is 0 Å².